The van der Waals surface area contributed by atoms with Gasteiger partial charge in [0.1, 0.15) is 17.3 Å². The Kier molecular flexibility index (Phi) is 6.22. The molecule has 1 heterocycles. The zero-order chi connectivity index (χ0) is 12.7. The zero-order valence-electron chi connectivity index (χ0n) is 10.4. The summed E-state index contributed by atoms with van der Waals surface area (Å²) in [5, 5.41) is 12.6. The molecule has 2 N–H and O–H groups in total. The van der Waals surface area contributed by atoms with Crippen LogP contribution in [0, 0.1) is 0 Å². The van der Waals surface area contributed by atoms with Gasteiger partial charge in [-0.15, -0.1) is 0 Å². The Hall–Kier alpha value is -0.870. The smallest absolute Gasteiger partial charge is 0.137 e. The monoisotopic (exact) mass is 257 g/mol. The van der Waals surface area contributed by atoms with Crippen molar-refractivity contribution >= 4 is 17.4 Å². The standard InChI is InChI=1S/C12H20ClN3O/c1-3-5-10-11(13)14-8-15-12(10)16-9(2)6-4-7-17/h8-9,17H,3-7H2,1-2H3,(H,14,15,16). The topological polar surface area (TPSA) is 58.0 Å². The maximum Gasteiger partial charge on any atom is 0.137 e. The van der Waals surface area contributed by atoms with E-state index in [1.807, 2.05) is 0 Å². The number of aliphatic hydroxyl groups excluding tert-OH is 1. The van der Waals surface area contributed by atoms with E-state index in [1.165, 1.54) is 6.33 Å². The molecule has 0 aliphatic rings. The second kappa shape index (κ2) is 7.45. The number of halogens is 1. The van der Waals surface area contributed by atoms with E-state index < -0.39 is 0 Å². The maximum absolute atomic E-state index is 8.79. The number of nitrogens with zero attached hydrogens (tertiary/aromatic N) is 2. The predicted octanol–water partition coefficient (Wildman–Crippen LogP) is 2.66. The first-order valence-electron chi connectivity index (χ1n) is 6.05. The Morgan fingerprint density at radius 2 is 2.24 bits per heavy atom. The maximum atomic E-state index is 8.79. The molecule has 5 heteroatoms. The average Bonchev–Trinajstić information content (AvgIpc) is 2.31. The molecule has 0 fully saturated rings. The third-order valence-corrected chi connectivity index (χ3v) is 2.90. The quantitative estimate of drug-likeness (QED) is 0.738. The van der Waals surface area contributed by atoms with Crippen molar-refractivity contribution < 1.29 is 5.11 Å². The lowest BCUT2D eigenvalue weighted by atomic mass is 10.1. The van der Waals surface area contributed by atoms with Crippen molar-refractivity contribution in [1.82, 2.24) is 9.97 Å². The van der Waals surface area contributed by atoms with E-state index in [1.54, 1.807) is 0 Å². The molecule has 1 atom stereocenters. The van der Waals surface area contributed by atoms with E-state index in [4.69, 9.17) is 16.7 Å². The van der Waals surface area contributed by atoms with Gasteiger partial charge >= 0.3 is 0 Å². The van der Waals surface area contributed by atoms with Gasteiger partial charge in [-0.25, -0.2) is 9.97 Å². The summed E-state index contributed by atoms with van der Waals surface area (Å²) in [4.78, 5) is 8.24. The number of hydrogen-bond donors (Lipinski definition) is 2. The van der Waals surface area contributed by atoms with Crippen LogP contribution in [-0.4, -0.2) is 27.7 Å². The van der Waals surface area contributed by atoms with Gasteiger partial charge in [0, 0.05) is 18.2 Å². The lowest BCUT2D eigenvalue weighted by Crippen LogP contribution is -2.18. The third kappa shape index (κ3) is 4.48. The fourth-order valence-corrected chi connectivity index (χ4v) is 1.92. The molecular formula is C12H20ClN3O. The normalized spacial score (nSPS) is 12.5. The lowest BCUT2D eigenvalue weighted by Gasteiger charge is -2.16. The van der Waals surface area contributed by atoms with E-state index >= 15 is 0 Å². The molecule has 0 bridgehead atoms. The van der Waals surface area contributed by atoms with E-state index in [0.29, 0.717) is 5.15 Å². The number of hydrogen-bond acceptors (Lipinski definition) is 4. The summed E-state index contributed by atoms with van der Waals surface area (Å²) in [6.07, 6.45) is 5.05. The van der Waals surface area contributed by atoms with E-state index in [-0.39, 0.29) is 12.6 Å². The van der Waals surface area contributed by atoms with Gasteiger partial charge in [0.05, 0.1) is 0 Å². The van der Waals surface area contributed by atoms with E-state index in [2.05, 4.69) is 29.1 Å². The lowest BCUT2D eigenvalue weighted by molar-refractivity contribution is 0.282. The first-order valence-corrected chi connectivity index (χ1v) is 6.43. The summed E-state index contributed by atoms with van der Waals surface area (Å²) in [5.74, 6) is 0.817. The van der Waals surface area contributed by atoms with Crippen LogP contribution < -0.4 is 5.32 Å². The number of anilines is 1. The largest absolute Gasteiger partial charge is 0.396 e. The Bertz CT molecular complexity index is 347. The highest BCUT2D eigenvalue weighted by molar-refractivity contribution is 6.30. The van der Waals surface area contributed by atoms with Gasteiger partial charge in [0.25, 0.3) is 0 Å². The molecular weight excluding hydrogens is 238 g/mol. The van der Waals surface area contributed by atoms with Crippen LogP contribution in [0.25, 0.3) is 0 Å². The summed E-state index contributed by atoms with van der Waals surface area (Å²) in [5.41, 5.74) is 0.979. The summed E-state index contributed by atoms with van der Waals surface area (Å²) < 4.78 is 0. The second-order valence-electron chi connectivity index (χ2n) is 4.15. The highest BCUT2D eigenvalue weighted by Gasteiger charge is 2.11. The van der Waals surface area contributed by atoms with Gasteiger partial charge in [-0.3, -0.25) is 0 Å². The minimum atomic E-state index is 0.221. The summed E-state index contributed by atoms with van der Waals surface area (Å²) >= 11 is 6.06. The molecule has 4 nitrogen and oxygen atoms in total. The minimum absolute atomic E-state index is 0.221. The average molecular weight is 258 g/mol. The van der Waals surface area contributed by atoms with Crippen molar-refractivity contribution in [3.63, 3.8) is 0 Å². The van der Waals surface area contributed by atoms with E-state index in [9.17, 15) is 0 Å². The number of aliphatic hydroxyl groups is 1. The fourth-order valence-electron chi connectivity index (χ4n) is 1.69. The van der Waals surface area contributed by atoms with Crippen LogP contribution in [0.3, 0.4) is 0 Å². The Morgan fingerprint density at radius 3 is 2.88 bits per heavy atom. The van der Waals surface area contributed by atoms with E-state index in [0.717, 1.165) is 37.1 Å². The molecule has 1 rings (SSSR count). The summed E-state index contributed by atoms with van der Waals surface area (Å²) in [7, 11) is 0. The molecule has 0 radical (unpaired) electrons. The molecule has 0 spiro atoms. The minimum Gasteiger partial charge on any atom is -0.396 e. The molecule has 17 heavy (non-hydrogen) atoms. The van der Waals surface area contributed by atoms with Crippen LogP contribution in [0.5, 0.6) is 0 Å². The molecule has 1 aromatic rings. The van der Waals surface area contributed by atoms with Crippen molar-refractivity contribution in [3.05, 3.63) is 17.0 Å². The molecule has 1 unspecified atom stereocenters. The summed E-state index contributed by atoms with van der Waals surface area (Å²) in [6, 6.07) is 0.267. The molecule has 1 aromatic heterocycles. The molecule has 0 aliphatic heterocycles. The van der Waals surface area contributed by atoms with Crippen molar-refractivity contribution in [2.45, 2.75) is 45.6 Å². The van der Waals surface area contributed by atoms with Crippen LogP contribution in [0.1, 0.15) is 38.7 Å². The predicted molar refractivity (Wildman–Crippen MR) is 70.4 cm³/mol. The molecule has 0 aliphatic carbocycles. The second-order valence-corrected chi connectivity index (χ2v) is 4.51. The van der Waals surface area contributed by atoms with Gasteiger partial charge in [-0.2, -0.15) is 0 Å². The van der Waals surface area contributed by atoms with Crippen LogP contribution >= 0.6 is 11.6 Å². The zero-order valence-corrected chi connectivity index (χ0v) is 11.2. The Labute approximate surface area is 107 Å². The van der Waals surface area contributed by atoms with Gasteiger partial charge in [0.15, 0.2) is 0 Å². The van der Waals surface area contributed by atoms with Crippen LogP contribution in [-0.2, 0) is 6.42 Å². The number of rotatable bonds is 7. The van der Waals surface area contributed by atoms with Crippen LogP contribution in [0.4, 0.5) is 5.82 Å². The Balaban J connectivity index is 2.72. The van der Waals surface area contributed by atoms with Gasteiger partial charge in [0.2, 0.25) is 0 Å². The Morgan fingerprint density at radius 1 is 1.47 bits per heavy atom. The summed E-state index contributed by atoms with van der Waals surface area (Å²) in [6.45, 7) is 4.39. The molecule has 96 valence electrons. The highest BCUT2D eigenvalue weighted by Crippen LogP contribution is 2.22. The van der Waals surface area contributed by atoms with Crippen molar-refractivity contribution in [2.24, 2.45) is 0 Å². The van der Waals surface area contributed by atoms with Gasteiger partial charge in [-0.05, 0) is 26.2 Å². The molecule has 0 amide bonds. The molecule has 0 saturated heterocycles. The first-order chi connectivity index (χ1) is 8.19. The van der Waals surface area contributed by atoms with Crippen molar-refractivity contribution in [1.29, 1.82) is 0 Å². The number of nitrogens with one attached hydrogen (secondary N) is 1. The van der Waals surface area contributed by atoms with Crippen LogP contribution in [0.2, 0.25) is 5.15 Å². The number of aromatic nitrogens is 2. The fraction of sp³-hybridized carbons (Fsp3) is 0.667. The molecule has 0 saturated carbocycles. The molecule has 0 aromatic carbocycles. The third-order valence-electron chi connectivity index (χ3n) is 2.57. The van der Waals surface area contributed by atoms with Crippen molar-refractivity contribution in [2.75, 3.05) is 11.9 Å². The van der Waals surface area contributed by atoms with Crippen LogP contribution in [0.15, 0.2) is 6.33 Å². The first kappa shape index (κ1) is 14.2. The van der Waals surface area contributed by atoms with Gasteiger partial charge < -0.3 is 10.4 Å². The van der Waals surface area contributed by atoms with Crippen molar-refractivity contribution in [3.8, 4) is 0 Å². The SMILES string of the molecule is CCCc1c(Cl)ncnc1NC(C)CCCO. The van der Waals surface area contributed by atoms with Gasteiger partial charge in [-0.1, -0.05) is 24.9 Å². The highest BCUT2D eigenvalue weighted by atomic mass is 35.5.